The highest BCUT2D eigenvalue weighted by Crippen LogP contribution is 2.32. The third-order valence-corrected chi connectivity index (χ3v) is 4.41. The Morgan fingerprint density at radius 3 is 2.55 bits per heavy atom. The van der Waals surface area contributed by atoms with Crippen molar-refractivity contribution < 1.29 is 0 Å². The van der Waals surface area contributed by atoms with Gasteiger partial charge in [0.05, 0.1) is 0 Å². The van der Waals surface area contributed by atoms with Crippen LogP contribution in [-0.2, 0) is 6.42 Å². The average Bonchev–Trinajstić information content (AvgIpc) is 2.47. The van der Waals surface area contributed by atoms with Crippen LogP contribution in [0.3, 0.4) is 0 Å². The predicted molar refractivity (Wildman–Crippen MR) is 88.5 cm³/mol. The molecule has 2 aromatic rings. The van der Waals surface area contributed by atoms with E-state index in [-0.39, 0.29) is 0 Å². The van der Waals surface area contributed by atoms with Gasteiger partial charge < -0.3 is 5.32 Å². The molecule has 0 radical (unpaired) electrons. The van der Waals surface area contributed by atoms with E-state index in [0.717, 1.165) is 34.7 Å². The van der Waals surface area contributed by atoms with E-state index in [9.17, 15) is 0 Å². The Kier molecular flexibility index (Phi) is 5.86. The third kappa shape index (κ3) is 3.96. The van der Waals surface area contributed by atoms with E-state index < -0.39 is 0 Å². The summed E-state index contributed by atoms with van der Waals surface area (Å²) in [5, 5.41) is 4.41. The Balaban J connectivity index is 2.24. The second-order valence-corrected chi connectivity index (χ2v) is 6.32. The Bertz CT molecular complexity index is 558. The van der Waals surface area contributed by atoms with Crippen molar-refractivity contribution in [3.05, 3.63) is 40.6 Å². The number of rotatable bonds is 6. The Labute approximate surface area is 132 Å². The van der Waals surface area contributed by atoms with Crippen LogP contribution in [0.5, 0.6) is 0 Å². The molecule has 0 saturated heterocycles. The summed E-state index contributed by atoms with van der Waals surface area (Å²) in [6, 6.07) is 8.28. The van der Waals surface area contributed by atoms with Crippen LogP contribution in [0.1, 0.15) is 25.8 Å². The van der Waals surface area contributed by atoms with Crippen molar-refractivity contribution >= 4 is 33.5 Å². The van der Waals surface area contributed by atoms with E-state index in [0.29, 0.717) is 0 Å². The first-order valence-corrected chi connectivity index (χ1v) is 8.36. The van der Waals surface area contributed by atoms with Gasteiger partial charge in [-0.1, -0.05) is 41.5 Å². The molecule has 0 atom stereocenters. The number of nitrogens with zero attached hydrogens (tertiary/aromatic N) is 2. The van der Waals surface area contributed by atoms with Crippen LogP contribution in [0.15, 0.2) is 45.0 Å². The molecule has 0 fully saturated rings. The molecule has 0 spiro atoms. The SMILES string of the molecule is CCCNc1ncnc(Sc2ccc(Br)cc2)c1CC. The van der Waals surface area contributed by atoms with Crippen molar-refractivity contribution in [3.8, 4) is 0 Å². The molecule has 0 bridgehead atoms. The Morgan fingerprint density at radius 1 is 1.15 bits per heavy atom. The number of benzene rings is 1. The normalized spacial score (nSPS) is 10.6. The summed E-state index contributed by atoms with van der Waals surface area (Å²) < 4.78 is 1.09. The molecule has 1 aromatic heterocycles. The van der Waals surface area contributed by atoms with Gasteiger partial charge in [-0.3, -0.25) is 0 Å². The van der Waals surface area contributed by atoms with Gasteiger partial charge in [-0.2, -0.15) is 0 Å². The van der Waals surface area contributed by atoms with Crippen LogP contribution < -0.4 is 5.32 Å². The molecule has 1 heterocycles. The zero-order valence-electron chi connectivity index (χ0n) is 11.7. The maximum atomic E-state index is 4.44. The molecule has 0 unspecified atom stereocenters. The van der Waals surface area contributed by atoms with Crippen molar-refractivity contribution in [1.82, 2.24) is 9.97 Å². The lowest BCUT2D eigenvalue weighted by molar-refractivity contribution is 0.911. The highest BCUT2D eigenvalue weighted by Gasteiger charge is 2.10. The van der Waals surface area contributed by atoms with E-state index >= 15 is 0 Å². The first-order chi connectivity index (χ1) is 9.74. The highest BCUT2D eigenvalue weighted by molar-refractivity contribution is 9.10. The van der Waals surface area contributed by atoms with Gasteiger partial charge in [-0.25, -0.2) is 9.97 Å². The number of aromatic nitrogens is 2. The minimum Gasteiger partial charge on any atom is -0.370 e. The van der Waals surface area contributed by atoms with Crippen LogP contribution in [0.4, 0.5) is 5.82 Å². The summed E-state index contributed by atoms with van der Waals surface area (Å²) in [5.74, 6) is 0.962. The van der Waals surface area contributed by atoms with Gasteiger partial charge in [0, 0.05) is 21.5 Å². The highest BCUT2D eigenvalue weighted by atomic mass is 79.9. The van der Waals surface area contributed by atoms with Gasteiger partial charge in [0.2, 0.25) is 0 Å². The predicted octanol–water partition coefficient (Wildman–Crippen LogP) is 4.77. The largest absolute Gasteiger partial charge is 0.370 e. The van der Waals surface area contributed by atoms with E-state index in [4.69, 9.17) is 0 Å². The second kappa shape index (κ2) is 7.64. The monoisotopic (exact) mass is 351 g/mol. The molecule has 5 heteroatoms. The maximum absolute atomic E-state index is 4.44. The van der Waals surface area contributed by atoms with Crippen LogP contribution in [0.2, 0.25) is 0 Å². The molecular formula is C15H18BrN3S. The molecule has 0 aliphatic rings. The van der Waals surface area contributed by atoms with Gasteiger partial charge >= 0.3 is 0 Å². The smallest absolute Gasteiger partial charge is 0.133 e. The summed E-state index contributed by atoms with van der Waals surface area (Å²) in [6.45, 7) is 5.23. The molecule has 0 aliphatic carbocycles. The summed E-state index contributed by atoms with van der Waals surface area (Å²) in [5.41, 5.74) is 1.19. The number of nitrogens with one attached hydrogen (secondary N) is 1. The number of hydrogen-bond acceptors (Lipinski definition) is 4. The minimum atomic E-state index is 0.922. The van der Waals surface area contributed by atoms with E-state index in [1.54, 1.807) is 18.1 Å². The lowest BCUT2D eigenvalue weighted by Crippen LogP contribution is -2.06. The molecule has 1 aromatic carbocycles. The van der Waals surface area contributed by atoms with Crippen LogP contribution in [0.25, 0.3) is 0 Å². The number of anilines is 1. The van der Waals surface area contributed by atoms with Crippen LogP contribution in [-0.4, -0.2) is 16.5 Å². The maximum Gasteiger partial charge on any atom is 0.133 e. The van der Waals surface area contributed by atoms with Crippen LogP contribution in [0, 0.1) is 0 Å². The van der Waals surface area contributed by atoms with Crippen molar-refractivity contribution in [2.45, 2.75) is 36.6 Å². The second-order valence-electron chi connectivity index (χ2n) is 4.34. The standard InChI is InChI=1S/C15H18BrN3S/c1-3-9-17-14-13(4-2)15(19-10-18-14)20-12-7-5-11(16)6-8-12/h5-8,10H,3-4,9H2,1-2H3,(H,17,18,19). The van der Waals surface area contributed by atoms with Crippen molar-refractivity contribution in [3.63, 3.8) is 0 Å². The first kappa shape index (κ1) is 15.3. The van der Waals surface area contributed by atoms with Gasteiger partial charge in [-0.05, 0) is 37.1 Å². The molecule has 0 aliphatic heterocycles. The molecule has 3 nitrogen and oxygen atoms in total. The summed E-state index contributed by atoms with van der Waals surface area (Å²) in [6.07, 6.45) is 3.65. The first-order valence-electron chi connectivity index (χ1n) is 6.75. The Hall–Kier alpha value is -1.07. The van der Waals surface area contributed by atoms with Gasteiger partial charge in [-0.15, -0.1) is 0 Å². The molecule has 0 saturated carbocycles. The minimum absolute atomic E-state index is 0.922. The molecular weight excluding hydrogens is 334 g/mol. The van der Waals surface area contributed by atoms with Gasteiger partial charge in [0.15, 0.2) is 0 Å². The van der Waals surface area contributed by atoms with E-state index in [1.807, 2.05) is 12.1 Å². The molecule has 0 amide bonds. The molecule has 1 N–H and O–H groups in total. The number of halogens is 1. The van der Waals surface area contributed by atoms with Gasteiger partial charge in [0.25, 0.3) is 0 Å². The fraction of sp³-hybridized carbons (Fsp3) is 0.333. The summed E-state index contributed by atoms with van der Waals surface area (Å²) in [4.78, 5) is 9.98. The quantitative estimate of drug-likeness (QED) is 0.760. The summed E-state index contributed by atoms with van der Waals surface area (Å²) >= 11 is 5.14. The lowest BCUT2D eigenvalue weighted by Gasteiger charge is -2.12. The van der Waals surface area contributed by atoms with Crippen molar-refractivity contribution in [2.24, 2.45) is 0 Å². The van der Waals surface area contributed by atoms with Crippen molar-refractivity contribution in [2.75, 3.05) is 11.9 Å². The lowest BCUT2D eigenvalue weighted by atomic mass is 10.2. The number of hydrogen-bond donors (Lipinski definition) is 1. The van der Waals surface area contributed by atoms with Crippen LogP contribution >= 0.6 is 27.7 Å². The third-order valence-electron chi connectivity index (χ3n) is 2.83. The molecule has 20 heavy (non-hydrogen) atoms. The molecule has 2 rings (SSSR count). The Morgan fingerprint density at radius 2 is 1.90 bits per heavy atom. The fourth-order valence-corrected chi connectivity index (χ4v) is 3.04. The zero-order valence-corrected chi connectivity index (χ0v) is 14.1. The fourth-order valence-electron chi connectivity index (χ4n) is 1.81. The average molecular weight is 352 g/mol. The zero-order chi connectivity index (χ0) is 14.4. The van der Waals surface area contributed by atoms with E-state index in [1.165, 1.54) is 10.5 Å². The topological polar surface area (TPSA) is 37.8 Å². The van der Waals surface area contributed by atoms with E-state index in [2.05, 4.69) is 57.2 Å². The van der Waals surface area contributed by atoms with Crippen molar-refractivity contribution in [1.29, 1.82) is 0 Å². The molecule has 106 valence electrons. The summed E-state index contributed by atoms with van der Waals surface area (Å²) in [7, 11) is 0. The van der Waals surface area contributed by atoms with Gasteiger partial charge in [0.1, 0.15) is 17.2 Å².